The fourth-order valence-electron chi connectivity index (χ4n) is 2.89. The molecule has 1 aromatic rings. The summed E-state index contributed by atoms with van der Waals surface area (Å²) in [4.78, 5) is 24.9. The topological polar surface area (TPSA) is 83.6 Å². The van der Waals surface area contributed by atoms with Crippen molar-refractivity contribution in [3.8, 4) is 0 Å². The molecule has 1 aromatic carbocycles. The summed E-state index contributed by atoms with van der Waals surface area (Å²) >= 11 is 0. The molecule has 1 aliphatic rings. The van der Waals surface area contributed by atoms with Gasteiger partial charge in [-0.25, -0.2) is 0 Å². The molecular weight excluding hydrogens is 268 g/mol. The molecule has 0 heterocycles. The molecule has 0 bridgehead atoms. The van der Waals surface area contributed by atoms with Gasteiger partial charge in [0.2, 0.25) is 5.91 Å². The number of carbonyl (C=O) groups is 2. The smallest absolute Gasteiger partial charge is 0.323 e. The zero-order valence-electron chi connectivity index (χ0n) is 12.1. The van der Waals surface area contributed by atoms with Gasteiger partial charge < -0.3 is 15.7 Å². The number of nitrogens with two attached hydrogens (primary N) is 1. The van der Waals surface area contributed by atoms with Gasteiger partial charge in [0.15, 0.2) is 0 Å². The molecule has 1 amide bonds. The number of carbonyl (C=O) groups excluding carboxylic acids is 1. The Labute approximate surface area is 124 Å². The summed E-state index contributed by atoms with van der Waals surface area (Å²) in [5.41, 5.74) is 6.70. The average molecular weight is 290 g/mol. The van der Waals surface area contributed by atoms with Crippen molar-refractivity contribution in [2.45, 2.75) is 38.1 Å². The highest BCUT2D eigenvalue weighted by Crippen LogP contribution is 2.27. The summed E-state index contributed by atoms with van der Waals surface area (Å²) in [6.45, 7) is -0.315. The molecule has 5 heteroatoms. The largest absolute Gasteiger partial charge is 0.480 e. The van der Waals surface area contributed by atoms with E-state index in [4.69, 9.17) is 10.8 Å². The summed E-state index contributed by atoms with van der Waals surface area (Å²) < 4.78 is 0. The van der Waals surface area contributed by atoms with Crippen LogP contribution in [0.5, 0.6) is 0 Å². The predicted molar refractivity (Wildman–Crippen MR) is 81.0 cm³/mol. The predicted octanol–water partition coefficient (Wildman–Crippen LogP) is 2.01. The number of amides is 1. The highest BCUT2D eigenvalue weighted by Gasteiger charge is 2.27. The number of rotatable bonds is 5. The number of para-hydroxylation sites is 1. The molecule has 2 atom stereocenters. The van der Waals surface area contributed by atoms with Gasteiger partial charge in [-0.05, 0) is 30.9 Å². The van der Waals surface area contributed by atoms with Gasteiger partial charge in [-0.15, -0.1) is 0 Å². The minimum Gasteiger partial charge on any atom is -0.480 e. The molecule has 1 aliphatic carbocycles. The number of hydrogen-bond donors (Lipinski definition) is 2. The third-order valence-electron chi connectivity index (χ3n) is 4.07. The quantitative estimate of drug-likeness (QED) is 0.869. The number of carboxylic acids is 1. The minimum atomic E-state index is -1.01. The first kappa shape index (κ1) is 15.5. The van der Waals surface area contributed by atoms with Gasteiger partial charge in [0.25, 0.3) is 0 Å². The summed E-state index contributed by atoms with van der Waals surface area (Å²) in [6, 6.07) is 8.98. The highest BCUT2D eigenvalue weighted by molar-refractivity contribution is 5.97. The fraction of sp³-hybridized carbons (Fsp3) is 0.500. The maximum Gasteiger partial charge on any atom is 0.323 e. The van der Waals surface area contributed by atoms with Gasteiger partial charge >= 0.3 is 5.97 Å². The highest BCUT2D eigenvalue weighted by atomic mass is 16.4. The molecule has 0 aromatic heterocycles. The molecule has 3 N–H and O–H groups in total. The monoisotopic (exact) mass is 290 g/mol. The molecule has 0 radical (unpaired) electrons. The molecule has 5 nitrogen and oxygen atoms in total. The van der Waals surface area contributed by atoms with E-state index in [0.717, 1.165) is 25.7 Å². The zero-order valence-corrected chi connectivity index (χ0v) is 12.1. The SMILES string of the molecule is N[C@H]1CCCCC1CC(=O)N(CC(=O)O)c1ccccc1. The van der Waals surface area contributed by atoms with Crippen LogP contribution in [0.4, 0.5) is 5.69 Å². The van der Waals surface area contributed by atoms with Crippen LogP contribution >= 0.6 is 0 Å². The first-order chi connectivity index (χ1) is 10.1. The third kappa shape index (κ3) is 4.29. The Bertz CT molecular complexity index is 490. The number of carboxylic acid groups (broad SMARTS) is 1. The molecule has 2 rings (SSSR count). The molecule has 1 saturated carbocycles. The van der Waals surface area contributed by atoms with Gasteiger partial charge in [0.05, 0.1) is 0 Å². The van der Waals surface area contributed by atoms with Crippen LogP contribution < -0.4 is 10.6 Å². The van der Waals surface area contributed by atoms with Gasteiger partial charge in [0, 0.05) is 18.2 Å². The fourth-order valence-corrected chi connectivity index (χ4v) is 2.89. The maximum atomic E-state index is 12.5. The maximum absolute atomic E-state index is 12.5. The van der Waals surface area contributed by atoms with Crippen LogP contribution in [0.3, 0.4) is 0 Å². The van der Waals surface area contributed by atoms with E-state index in [1.54, 1.807) is 24.3 Å². The number of anilines is 1. The Kier molecular flexibility index (Phi) is 5.33. The molecule has 114 valence electrons. The Balaban J connectivity index is 2.09. The lowest BCUT2D eigenvalue weighted by atomic mass is 9.82. The lowest BCUT2D eigenvalue weighted by Crippen LogP contribution is -2.41. The summed E-state index contributed by atoms with van der Waals surface area (Å²) in [7, 11) is 0. The normalized spacial score (nSPS) is 21.8. The van der Waals surface area contributed by atoms with Crippen molar-refractivity contribution in [2.24, 2.45) is 11.7 Å². The lowest BCUT2D eigenvalue weighted by Gasteiger charge is -2.30. The number of benzene rings is 1. The van der Waals surface area contributed by atoms with E-state index in [9.17, 15) is 9.59 Å². The van der Waals surface area contributed by atoms with E-state index < -0.39 is 5.97 Å². The standard InChI is InChI=1S/C16H22N2O3/c17-14-9-5-4-6-12(14)10-15(19)18(11-16(20)21)13-7-2-1-3-8-13/h1-3,7-8,12,14H,4-6,9-11,17H2,(H,20,21)/t12?,14-/m0/s1. The van der Waals surface area contributed by atoms with E-state index in [1.165, 1.54) is 4.90 Å². The van der Waals surface area contributed by atoms with Gasteiger partial charge in [0.1, 0.15) is 6.54 Å². The first-order valence-electron chi connectivity index (χ1n) is 7.40. The van der Waals surface area contributed by atoms with E-state index in [1.807, 2.05) is 6.07 Å². The van der Waals surface area contributed by atoms with Crippen molar-refractivity contribution in [3.63, 3.8) is 0 Å². The number of hydrogen-bond acceptors (Lipinski definition) is 3. The van der Waals surface area contributed by atoms with E-state index in [2.05, 4.69) is 0 Å². The molecule has 0 saturated heterocycles. The first-order valence-corrected chi connectivity index (χ1v) is 7.40. The molecule has 21 heavy (non-hydrogen) atoms. The van der Waals surface area contributed by atoms with Crippen LogP contribution in [-0.4, -0.2) is 29.6 Å². The lowest BCUT2D eigenvalue weighted by molar-refractivity contribution is -0.136. The number of aliphatic carboxylic acids is 1. The Morgan fingerprint density at radius 2 is 1.86 bits per heavy atom. The van der Waals surface area contributed by atoms with Crippen molar-refractivity contribution in [3.05, 3.63) is 30.3 Å². The van der Waals surface area contributed by atoms with Crippen molar-refractivity contribution >= 4 is 17.6 Å². The molecular formula is C16H22N2O3. The van der Waals surface area contributed by atoms with E-state index in [-0.39, 0.29) is 24.4 Å². The van der Waals surface area contributed by atoms with Crippen molar-refractivity contribution in [1.29, 1.82) is 0 Å². The second-order valence-corrected chi connectivity index (χ2v) is 5.62. The summed E-state index contributed by atoms with van der Waals surface area (Å²) in [5.74, 6) is -1.02. The third-order valence-corrected chi connectivity index (χ3v) is 4.07. The summed E-state index contributed by atoms with van der Waals surface area (Å²) in [6.07, 6.45) is 4.42. The molecule has 0 aliphatic heterocycles. The van der Waals surface area contributed by atoms with Gasteiger partial charge in [-0.2, -0.15) is 0 Å². The van der Waals surface area contributed by atoms with Crippen LogP contribution in [0, 0.1) is 5.92 Å². The van der Waals surface area contributed by atoms with Crippen LogP contribution in [0.15, 0.2) is 30.3 Å². The summed E-state index contributed by atoms with van der Waals surface area (Å²) in [5, 5.41) is 9.03. The second-order valence-electron chi connectivity index (χ2n) is 5.62. The van der Waals surface area contributed by atoms with Gasteiger partial charge in [-0.1, -0.05) is 31.0 Å². The molecule has 1 fully saturated rings. The van der Waals surface area contributed by atoms with Crippen LogP contribution in [0.25, 0.3) is 0 Å². The Morgan fingerprint density at radius 1 is 1.19 bits per heavy atom. The van der Waals surface area contributed by atoms with Crippen molar-refractivity contribution < 1.29 is 14.7 Å². The molecule has 0 spiro atoms. The second kappa shape index (κ2) is 7.22. The van der Waals surface area contributed by atoms with E-state index >= 15 is 0 Å². The van der Waals surface area contributed by atoms with Crippen LogP contribution in [0.1, 0.15) is 32.1 Å². The number of nitrogens with zero attached hydrogens (tertiary/aromatic N) is 1. The minimum absolute atomic E-state index is 0.0464. The van der Waals surface area contributed by atoms with E-state index in [0.29, 0.717) is 12.1 Å². The van der Waals surface area contributed by atoms with Gasteiger partial charge in [-0.3, -0.25) is 9.59 Å². The average Bonchev–Trinajstić information content (AvgIpc) is 2.48. The van der Waals surface area contributed by atoms with Crippen LogP contribution in [0.2, 0.25) is 0 Å². The van der Waals surface area contributed by atoms with Crippen molar-refractivity contribution in [2.75, 3.05) is 11.4 Å². The van der Waals surface area contributed by atoms with Crippen molar-refractivity contribution in [1.82, 2.24) is 0 Å². The Morgan fingerprint density at radius 3 is 2.48 bits per heavy atom. The molecule has 1 unspecified atom stereocenters. The van der Waals surface area contributed by atoms with Crippen LogP contribution in [-0.2, 0) is 9.59 Å². The Hall–Kier alpha value is -1.88. The zero-order chi connectivity index (χ0) is 15.2.